The van der Waals surface area contributed by atoms with E-state index in [2.05, 4.69) is 5.32 Å². The zero-order chi connectivity index (χ0) is 20.8. The van der Waals surface area contributed by atoms with Crippen molar-refractivity contribution >= 4 is 23.3 Å². The van der Waals surface area contributed by atoms with Gasteiger partial charge in [0.15, 0.2) is 12.4 Å². The molecule has 2 aliphatic carbocycles. The lowest BCUT2D eigenvalue weighted by Crippen LogP contribution is -2.35. The summed E-state index contributed by atoms with van der Waals surface area (Å²) in [4.78, 5) is 37.1. The van der Waals surface area contributed by atoms with Crippen molar-refractivity contribution in [2.24, 2.45) is 23.7 Å². The van der Waals surface area contributed by atoms with Gasteiger partial charge in [-0.1, -0.05) is 29.8 Å². The summed E-state index contributed by atoms with van der Waals surface area (Å²) in [5.74, 6) is -0.0263. The van der Waals surface area contributed by atoms with Gasteiger partial charge < -0.3 is 14.8 Å². The van der Waals surface area contributed by atoms with Gasteiger partial charge in [0.05, 0.1) is 11.8 Å². The first-order chi connectivity index (χ1) is 14.5. The first-order valence-electron chi connectivity index (χ1n) is 10.3. The number of hydrogen-bond acceptors (Lipinski definition) is 5. The lowest BCUT2D eigenvalue weighted by molar-refractivity contribution is -0.145. The molecule has 5 atom stereocenters. The van der Waals surface area contributed by atoms with Crippen molar-refractivity contribution in [3.63, 3.8) is 0 Å². The number of carbonyl (C=O) groups excluding carboxylic acids is 3. The van der Waals surface area contributed by atoms with Crippen LogP contribution in [0.5, 0.6) is 5.75 Å². The Bertz CT molecular complexity index is 995. The van der Waals surface area contributed by atoms with Gasteiger partial charge >= 0.3 is 5.97 Å². The van der Waals surface area contributed by atoms with Crippen LogP contribution in [0.3, 0.4) is 0 Å². The highest BCUT2D eigenvalue weighted by atomic mass is 16.6. The molecule has 0 radical (unpaired) electrons. The summed E-state index contributed by atoms with van der Waals surface area (Å²) in [6, 6.07) is 14.3. The van der Waals surface area contributed by atoms with Crippen molar-refractivity contribution in [3.05, 3.63) is 59.7 Å². The Morgan fingerprint density at radius 2 is 1.80 bits per heavy atom. The molecule has 6 heteroatoms. The summed E-state index contributed by atoms with van der Waals surface area (Å²) in [6.45, 7) is 1.92. The number of benzene rings is 2. The molecule has 2 aromatic rings. The number of hydrogen-bond donors (Lipinski definition) is 1. The van der Waals surface area contributed by atoms with Crippen LogP contribution in [0.25, 0.3) is 0 Å². The Labute approximate surface area is 174 Å². The van der Waals surface area contributed by atoms with Gasteiger partial charge in [-0.2, -0.15) is 0 Å². The molecule has 2 bridgehead atoms. The molecule has 1 aliphatic heterocycles. The van der Waals surface area contributed by atoms with Gasteiger partial charge in [0.2, 0.25) is 5.91 Å². The molecule has 0 spiro atoms. The molecule has 0 aromatic heterocycles. The summed E-state index contributed by atoms with van der Waals surface area (Å²) < 4.78 is 11.0. The van der Waals surface area contributed by atoms with Crippen LogP contribution < -0.4 is 10.1 Å². The smallest absolute Gasteiger partial charge is 0.310 e. The number of esters is 1. The fourth-order valence-electron chi connectivity index (χ4n) is 5.19. The minimum Gasteiger partial charge on any atom is -0.485 e. The highest BCUT2D eigenvalue weighted by Crippen LogP contribution is 2.57. The maximum absolute atomic E-state index is 12.8. The van der Waals surface area contributed by atoms with Gasteiger partial charge in [-0.3, -0.25) is 14.4 Å². The van der Waals surface area contributed by atoms with E-state index in [1.54, 1.807) is 36.4 Å². The number of rotatable bonds is 6. The molecular weight excluding hydrogens is 382 g/mol. The summed E-state index contributed by atoms with van der Waals surface area (Å²) >= 11 is 0. The maximum Gasteiger partial charge on any atom is 0.310 e. The number of Topliss-reactive ketones (excluding diaryl/α,β-unsaturated/α-hetero) is 1. The van der Waals surface area contributed by atoms with Crippen molar-refractivity contribution < 1.29 is 23.9 Å². The summed E-state index contributed by atoms with van der Waals surface area (Å²) in [6.07, 6.45) is 1.73. The third kappa shape index (κ3) is 3.26. The van der Waals surface area contributed by atoms with Crippen LogP contribution in [0.15, 0.2) is 48.5 Å². The van der Waals surface area contributed by atoms with Crippen LogP contribution in [0.2, 0.25) is 0 Å². The molecule has 3 fully saturated rings. The van der Waals surface area contributed by atoms with Gasteiger partial charge in [-0.05, 0) is 49.9 Å². The SMILES string of the molecule is Cc1ccc(C(=O)COc2ccc(NC(=O)[C@@H]3[C@@H]4C[C@H]5[C@@H]3C(=O)O[C@@H]5C4)cc2)cc1. The molecule has 1 heterocycles. The molecule has 2 aromatic carbocycles. The van der Waals surface area contributed by atoms with E-state index < -0.39 is 0 Å². The molecule has 3 aliphatic rings. The largest absolute Gasteiger partial charge is 0.485 e. The quantitative estimate of drug-likeness (QED) is 0.589. The normalized spacial score (nSPS) is 28.3. The van der Waals surface area contributed by atoms with Crippen molar-refractivity contribution in [1.82, 2.24) is 0 Å². The third-order valence-electron chi connectivity index (χ3n) is 6.65. The van der Waals surface area contributed by atoms with Crippen molar-refractivity contribution in [3.8, 4) is 5.75 Å². The number of aryl methyl sites for hydroxylation is 1. The summed E-state index contributed by atoms with van der Waals surface area (Å²) in [5, 5.41) is 2.93. The monoisotopic (exact) mass is 405 g/mol. The average molecular weight is 405 g/mol. The van der Waals surface area contributed by atoms with E-state index in [-0.39, 0.29) is 54.0 Å². The van der Waals surface area contributed by atoms with Crippen molar-refractivity contribution in [2.45, 2.75) is 25.9 Å². The number of ketones is 1. The fraction of sp³-hybridized carbons (Fsp3) is 0.375. The maximum atomic E-state index is 12.8. The summed E-state index contributed by atoms with van der Waals surface area (Å²) in [7, 11) is 0. The number of anilines is 1. The first kappa shape index (κ1) is 18.9. The highest BCUT2D eigenvalue weighted by molar-refractivity contribution is 5.98. The Kier molecular flexibility index (Phi) is 4.57. The van der Waals surface area contributed by atoms with E-state index in [4.69, 9.17) is 9.47 Å². The first-order valence-corrected chi connectivity index (χ1v) is 10.3. The zero-order valence-corrected chi connectivity index (χ0v) is 16.7. The van der Waals surface area contributed by atoms with Gasteiger partial charge in [-0.25, -0.2) is 0 Å². The van der Waals surface area contributed by atoms with Crippen LogP contribution in [-0.2, 0) is 14.3 Å². The van der Waals surface area contributed by atoms with E-state index >= 15 is 0 Å². The number of ether oxygens (including phenoxy) is 2. The molecule has 0 unspecified atom stereocenters. The predicted octanol–water partition coefficient (Wildman–Crippen LogP) is 3.39. The predicted molar refractivity (Wildman–Crippen MR) is 109 cm³/mol. The van der Waals surface area contributed by atoms with Crippen LogP contribution in [0.4, 0.5) is 5.69 Å². The molecular formula is C24H23NO5. The molecule has 1 N–H and O–H groups in total. The fourth-order valence-corrected chi connectivity index (χ4v) is 5.19. The van der Waals surface area contributed by atoms with Crippen molar-refractivity contribution in [1.29, 1.82) is 0 Å². The molecule has 5 rings (SSSR count). The minimum absolute atomic E-state index is 0.0237. The molecule has 2 saturated carbocycles. The van der Waals surface area contributed by atoms with E-state index in [0.29, 0.717) is 17.0 Å². The third-order valence-corrected chi connectivity index (χ3v) is 6.65. The second-order valence-electron chi connectivity index (χ2n) is 8.51. The molecule has 154 valence electrons. The highest BCUT2D eigenvalue weighted by Gasteiger charge is 2.63. The summed E-state index contributed by atoms with van der Waals surface area (Å²) in [5.41, 5.74) is 2.35. The Hall–Kier alpha value is -3.15. The van der Waals surface area contributed by atoms with E-state index in [9.17, 15) is 14.4 Å². The lowest BCUT2D eigenvalue weighted by Gasteiger charge is -2.23. The molecule has 1 saturated heterocycles. The zero-order valence-electron chi connectivity index (χ0n) is 16.7. The van der Waals surface area contributed by atoms with Crippen LogP contribution in [0, 0.1) is 30.6 Å². The Morgan fingerprint density at radius 1 is 1.07 bits per heavy atom. The lowest BCUT2D eigenvalue weighted by atomic mass is 9.79. The van der Waals surface area contributed by atoms with Crippen molar-refractivity contribution in [2.75, 3.05) is 11.9 Å². The van der Waals surface area contributed by atoms with Gasteiger partial charge in [0.1, 0.15) is 11.9 Å². The number of amides is 1. The minimum atomic E-state index is -0.302. The van der Waals surface area contributed by atoms with Crippen LogP contribution >= 0.6 is 0 Å². The van der Waals surface area contributed by atoms with E-state index in [1.807, 2.05) is 19.1 Å². The molecule has 6 nitrogen and oxygen atoms in total. The number of carbonyl (C=O) groups is 3. The van der Waals surface area contributed by atoms with Gasteiger partial charge in [0.25, 0.3) is 0 Å². The number of nitrogens with one attached hydrogen (secondary N) is 1. The van der Waals surface area contributed by atoms with E-state index in [0.717, 1.165) is 18.4 Å². The van der Waals surface area contributed by atoms with Crippen LogP contribution in [0.1, 0.15) is 28.8 Å². The van der Waals surface area contributed by atoms with E-state index in [1.165, 1.54) is 0 Å². The standard InChI is InChI=1S/C24H23NO5/c1-13-2-4-14(5-3-13)19(26)12-29-17-8-6-16(7-9-17)25-23(27)21-15-10-18-20(11-15)30-24(28)22(18)21/h2-9,15,18,20-22H,10-12H2,1H3,(H,25,27)/t15-,18-,20-,21-,22+/m1/s1. The van der Waals surface area contributed by atoms with Gasteiger partial charge in [0, 0.05) is 17.2 Å². The molecule has 1 amide bonds. The Balaban J connectivity index is 1.17. The van der Waals surface area contributed by atoms with Gasteiger partial charge in [-0.15, -0.1) is 0 Å². The second-order valence-corrected chi connectivity index (χ2v) is 8.51. The topological polar surface area (TPSA) is 81.7 Å². The Morgan fingerprint density at radius 3 is 2.53 bits per heavy atom. The second kappa shape index (κ2) is 7.27. The molecule has 30 heavy (non-hydrogen) atoms. The van der Waals surface area contributed by atoms with Crippen LogP contribution in [-0.4, -0.2) is 30.4 Å². The number of fused-ring (bicyclic) bond motifs is 1. The average Bonchev–Trinajstić information content (AvgIpc) is 3.36.